The average Bonchev–Trinajstić information content (AvgIpc) is 2.55. The van der Waals surface area contributed by atoms with Crippen LogP contribution >= 0.6 is 15.9 Å². The standard InChI is InChI=1S/C16H21BrN2O3/c1-21-14-8-15(22-2)12(17)7-11(14)16(20)18-13-9-19-5-3-10(13)4-6-19/h7-8,10,13H,3-6,9H2,1-2H3,(H,18,20). The lowest BCUT2D eigenvalue weighted by Crippen LogP contribution is -2.57. The van der Waals surface area contributed by atoms with Crippen molar-refractivity contribution in [1.29, 1.82) is 0 Å². The van der Waals surface area contributed by atoms with E-state index in [2.05, 4.69) is 26.1 Å². The lowest BCUT2D eigenvalue weighted by atomic mass is 9.84. The van der Waals surface area contributed by atoms with Gasteiger partial charge in [-0.05, 0) is 53.8 Å². The molecule has 3 saturated heterocycles. The van der Waals surface area contributed by atoms with Crippen LogP contribution in [0.15, 0.2) is 16.6 Å². The van der Waals surface area contributed by atoms with Gasteiger partial charge in [0.05, 0.1) is 24.3 Å². The summed E-state index contributed by atoms with van der Waals surface area (Å²) in [5.74, 6) is 1.69. The first-order valence-electron chi connectivity index (χ1n) is 7.57. The molecule has 4 rings (SSSR count). The summed E-state index contributed by atoms with van der Waals surface area (Å²) >= 11 is 3.43. The Bertz CT molecular complexity index is 571. The van der Waals surface area contributed by atoms with Gasteiger partial charge in [0.2, 0.25) is 0 Å². The van der Waals surface area contributed by atoms with E-state index in [1.54, 1.807) is 26.4 Å². The first-order valence-corrected chi connectivity index (χ1v) is 8.36. The lowest BCUT2D eigenvalue weighted by molar-refractivity contribution is 0.0619. The summed E-state index contributed by atoms with van der Waals surface area (Å²) in [7, 11) is 3.15. The average molecular weight is 369 g/mol. The summed E-state index contributed by atoms with van der Waals surface area (Å²) in [4.78, 5) is 15.1. The Balaban J connectivity index is 1.78. The molecule has 3 aliphatic rings. The Labute approximate surface area is 139 Å². The fraction of sp³-hybridized carbons (Fsp3) is 0.562. The molecule has 3 aliphatic heterocycles. The molecule has 6 heteroatoms. The normalized spacial score (nSPS) is 26.6. The largest absolute Gasteiger partial charge is 0.496 e. The van der Waals surface area contributed by atoms with Gasteiger partial charge in [-0.3, -0.25) is 4.79 Å². The molecule has 1 aromatic rings. The SMILES string of the molecule is COc1cc(OC)c(C(=O)NC2CN3CCC2CC3)cc1Br. The Morgan fingerprint density at radius 1 is 1.23 bits per heavy atom. The van der Waals surface area contributed by atoms with E-state index >= 15 is 0 Å². The smallest absolute Gasteiger partial charge is 0.255 e. The van der Waals surface area contributed by atoms with E-state index in [-0.39, 0.29) is 11.9 Å². The van der Waals surface area contributed by atoms with Crippen LogP contribution in [0.5, 0.6) is 11.5 Å². The van der Waals surface area contributed by atoms with Gasteiger partial charge in [0, 0.05) is 18.7 Å². The van der Waals surface area contributed by atoms with Gasteiger partial charge in [0.25, 0.3) is 5.91 Å². The molecular formula is C16H21BrN2O3. The molecule has 1 amide bonds. The molecule has 0 aromatic heterocycles. The number of nitrogens with one attached hydrogen (secondary N) is 1. The second kappa shape index (κ2) is 6.46. The van der Waals surface area contributed by atoms with Crippen molar-refractivity contribution in [1.82, 2.24) is 10.2 Å². The molecule has 0 spiro atoms. The van der Waals surface area contributed by atoms with Gasteiger partial charge in [-0.15, -0.1) is 0 Å². The molecule has 5 nitrogen and oxygen atoms in total. The van der Waals surface area contributed by atoms with Gasteiger partial charge < -0.3 is 19.7 Å². The molecule has 3 heterocycles. The molecule has 2 bridgehead atoms. The fourth-order valence-electron chi connectivity index (χ4n) is 3.41. The molecule has 0 aliphatic carbocycles. The van der Waals surface area contributed by atoms with Crippen molar-refractivity contribution in [2.75, 3.05) is 33.9 Å². The summed E-state index contributed by atoms with van der Waals surface area (Å²) in [6.07, 6.45) is 2.35. The van der Waals surface area contributed by atoms with Crippen LogP contribution < -0.4 is 14.8 Å². The summed E-state index contributed by atoms with van der Waals surface area (Å²) in [6, 6.07) is 3.73. The molecule has 3 fully saturated rings. The number of methoxy groups -OCH3 is 2. The first-order chi connectivity index (χ1) is 10.6. The van der Waals surface area contributed by atoms with E-state index in [0.29, 0.717) is 23.0 Å². The molecule has 0 saturated carbocycles. The maximum absolute atomic E-state index is 12.6. The van der Waals surface area contributed by atoms with Crippen LogP contribution in [-0.4, -0.2) is 50.7 Å². The van der Waals surface area contributed by atoms with Crippen LogP contribution in [0.3, 0.4) is 0 Å². The van der Waals surface area contributed by atoms with Crippen LogP contribution in [0.4, 0.5) is 0 Å². The highest BCUT2D eigenvalue weighted by atomic mass is 79.9. The highest BCUT2D eigenvalue weighted by Crippen LogP contribution is 2.33. The lowest BCUT2D eigenvalue weighted by Gasteiger charge is -2.44. The molecule has 0 radical (unpaired) electrons. The Morgan fingerprint density at radius 3 is 2.45 bits per heavy atom. The number of hydrogen-bond acceptors (Lipinski definition) is 4. The maximum Gasteiger partial charge on any atom is 0.255 e. The van der Waals surface area contributed by atoms with Crippen molar-refractivity contribution in [3.05, 3.63) is 22.2 Å². The van der Waals surface area contributed by atoms with E-state index in [4.69, 9.17) is 9.47 Å². The van der Waals surface area contributed by atoms with Crippen LogP contribution in [0.25, 0.3) is 0 Å². The summed E-state index contributed by atoms with van der Waals surface area (Å²) < 4.78 is 11.3. The molecule has 1 N–H and O–H groups in total. The van der Waals surface area contributed by atoms with Gasteiger partial charge in [-0.25, -0.2) is 0 Å². The zero-order chi connectivity index (χ0) is 15.7. The van der Waals surface area contributed by atoms with E-state index in [1.807, 2.05) is 0 Å². The van der Waals surface area contributed by atoms with Crippen molar-refractivity contribution in [3.63, 3.8) is 0 Å². The predicted octanol–water partition coefficient (Wildman–Crippen LogP) is 2.29. The minimum Gasteiger partial charge on any atom is -0.496 e. The number of carbonyl (C=O) groups is 1. The van der Waals surface area contributed by atoms with E-state index in [1.165, 1.54) is 12.8 Å². The third kappa shape index (κ3) is 2.94. The Morgan fingerprint density at radius 2 is 1.91 bits per heavy atom. The number of fused-ring (bicyclic) bond motifs is 3. The van der Waals surface area contributed by atoms with Crippen molar-refractivity contribution in [2.45, 2.75) is 18.9 Å². The topological polar surface area (TPSA) is 50.8 Å². The predicted molar refractivity (Wildman–Crippen MR) is 87.7 cm³/mol. The number of carbonyl (C=O) groups excluding carboxylic acids is 1. The second-order valence-corrected chi connectivity index (χ2v) is 6.76. The van der Waals surface area contributed by atoms with Gasteiger partial charge in [0.1, 0.15) is 11.5 Å². The number of ether oxygens (including phenoxy) is 2. The third-order valence-corrected chi connectivity index (χ3v) is 5.31. The van der Waals surface area contributed by atoms with Crippen molar-refractivity contribution >= 4 is 21.8 Å². The highest BCUT2D eigenvalue weighted by molar-refractivity contribution is 9.10. The summed E-state index contributed by atoms with van der Waals surface area (Å²) in [5.41, 5.74) is 0.534. The molecule has 1 atom stereocenters. The van der Waals surface area contributed by atoms with Crippen molar-refractivity contribution in [2.24, 2.45) is 5.92 Å². The number of rotatable bonds is 4. The fourth-order valence-corrected chi connectivity index (χ4v) is 3.92. The highest BCUT2D eigenvalue weighted by Gasteiger charge is 2.35. The van der Waals surface area contributed by atoms with Crippen molar-refractivity contribution < 1.29 is 14.3 Å². The molecule has 1 aromatic carbocycles. The van der Waals surface area contributed by atoms with Crippen molar-refractivity contribution in [3.8, 4) is 11.5 Å². The minimum absolute atomic E-state index is 0.0843. The van der Waals surface area contributed by atoms with E-state index < -0.39 is 0 Å². The zero-order valence-corrected chi connectivity index (χ0v) is 14.5. The van der Waals surface area contributed by atoms with Gasteiger partial charge in [-0.1, -0.05) is 0 Å². The minimum atomic E-state index is -0.0843. The summed E-state index contributed by atoms with van der Waals surface area (Å²) in [5, 5.41) is 3.18. The van der Waals surface area contributed by atoms with E-state index in [9.17, 15) is 4.79 Å². The first kappa shape index (κ1) is 15.6. The second-order valence-electron chi connectivity index (χ2n) is 5.91. The number of amides is 1. The molecule has 1 unspecified atom stereocenters. The quantitative estimate of drug-likeness (QED) is 0.885. The summed E-state index contributed by atoms with van der Waals surface area (Å²) in [6.45, 7) is 3.28. The van der Waals surface area contributed by atoms with Gasteiger partial charge in [-0.2, -0.15) is 0 Å². The van der Waals surface area contributed by atoms with Gasteiger partial charge in [0.15, 0.2) is 0 Å². The molecular weight excluding hydrogens is 348 g/mol. The van der Waals surface area contributed by atoms with Crippen LogP contribution in [0.2, 0.25) is 0 Å². The third-order valence-electron chi connectivity index (χ3n) is 4.69. The number of hydrogen-bond donors (Lipinski definition) is 1. The van der Waals surface area contributed by atoms with E-state index in [0.717, 1.165) is 24.1 Å². The van der Waals surface area contributed by atoms with Crippen LogP contribution in [-0.2, 0) is 0 Å². The Hall–Kier alpha value is -1.27. The van der Waals surface area contributed by atoms with Crippen LogP contribution in [0, 0.1) is 5.92 Å². The maximum atomic E-state index is 12.6. The van der Waals surface area contributed by atoms with Gasteiger partial charge >= 0.3 is 0 Å². The number of benzene rings is 1. The number of nitrogens with zero attached hydrogens (tertiary/aromatic N) is 1. The zero-order valence-electron chi connectivity index (χ0n) is 12.9. The Kier molecular flexibility index (Phi) is 4.59. The van der Waals surface area contributed by atoms with Crippen LogP contribution in [0.1, 0.15) is 23.2 Å². The number of halogens is 1. The number of piperidine rings is 3. The molecule has 120 valence electrons. The monoisotopic (exact) mass is 368 g/mol. The molecule has 22 heavy (non-hydrogen) atoms.